The van der Waals surface area contributed by atoms with Crippen molar-refractivity contribution in [3.8, 4) is 0 Å². The van der Waals surface area contributed by atoms with E-state index in [1.54, 1.807) is 0 Å². The van der Waals surface area contributed by atoms with Crippen molar-refractivity contribution < 1.29 is 0 Å². The third-order valence-corrected chi connectivity index (χ3v) is 7.12. The van der Waals surface area contributed by atoms with Crippen molar-refractivity contribution in [2.24, 2.45) is 4.99 Å². The molecule has 0 fully saturated rings. The molecule has 0 aromatic heterocycles. The van der Waals surface area contributed by atoms with Crippen molar-refractivity contribution in [3.63, 3.8) is 0 Å². The first kappa shape index (κ1) is 21.9. The number of rotatable bonds is 10. The third kappa shape index (κ3) is 6.32. The fraction of sp³-hybridized carbons (Fsp3) is 0.321. The summed E-state index contributed by atoms with van der Waals surface area (Å²) in [5, 5.41) is 1.33. The Bertz CT molecular complexity index is 901. The molecule has 1 aliphatic rings. The lowest BCUT2D eigenvalue weighted by Crippen LogP contribution is -2.29. The molecule has 0 bridgehead atoms. The second kappa shape index (κ2) is 11.3. The van der Waals surface area contributed by atoms with Crippen LogP contribution in [-0.4, -0.2) is 28.9 Å². The monoisotopic (exact) mass is 428 g/mol. The molecule has 1 heterocycles. The number of hydrogen-bond donors (Lipinski definition) is 0. The molecular weight excluding hydrogens is 396 g/mol. The predicted molar refractivity (Wildman–Crippen MR) is 135 cm³/mol. The summed E-state index contributed by atoms with van der Waals surface area (Å²) in [4.78, 5) is 7.39. The summed E-state index contributed by atoms with van der Waals surface area (Å²) >= 11 is 1.95. The highest BCUT2D eigenvalue weighted by molar-refractivity contribution is 8.14. The van der Waals surface area contributed by atoms with Crippen LogP contribution in [0.2, 0.25) is 0 Å². The smallest absolute Gasteiger partial charge is 0.112 e. The van der Waals surface area contributed by atoms with Crippen molar-refractivity contribution in [1.82, 2.24) is 4.90 Å². The van der Waals surface area contributed by atoms with Crippen molar-refractivity contribution in [2.45, 2.75) is 44.3 Å². The second-order valence-electron chi connectivity index (χ2n) is 8.33. The first-order valence-electron chi connectivity index (χ1n) is 11.3. The van der Waals surface area contributed by atoms with Gasteiger partial charge in [-0.25, -0.2) is 0 Å². The molecule has 1 unspecified atom stereocenters. The van der Waals surface area contributed by atoms with E-state index in [-0.39, 0.29) is 0 Å². The molecule has 0 radical (unpaired) electrons. The topological polar surface area (TPSA) is 15.6 Å². The van der Waals surface area contributed by atoms with Gasteiger partial charge in [-0.15, -0.1) is 11.8 Å². The van der Waals surface area contributed by atoms with Gasteiger partial charge in [0.15, 0.2) is 0 Å². The maximum Gasteiger partial charge on any atom is 0.112 e. The number of benzene rings is 3. The SMILES string of the molecule is CN(Cc1ccccc1)C1CSC(CCCCC(c2ccccc2)c2ccccc2)=N1. The largest absolute Gasteiger partial charge is 0.280 e. The molecule has 3 heteroatoms. The Balaban J connectivity index is 1.28. The Morgan fingerprint density at radius 2 is 1.42 bits per heavy atom. The lowest BCUT2D eigenvalue weighted by atomic mass is 9.87. The van der Waals surface area contributed by atoms with E-state index in [0.29, 0.717) is 12.1 Å². The van der Waals surface area contributed by atoms with Gasteiger partial charge < -0.3 is 0 Å². The van der Waals surface area contributed by atoms with E-state index in [4.69, 9.17) is 4.99 Å². The van der Waals surface area contributed by atoms with Crippen LogP contribution in [0.1, 0.15) is 48.3 Å². The van der Waals surface area contributed by atoms with Crippen LogP contribution >= 0.6 is 11.8 Å². The Hall–Kier alpha value is -2.36. The van der Waals surface area contributed by atoms with Crippen LogP contribution in [0.4, 0.5) is 0 Å². The number of unbranched alkanes of at least 4 members (excludes halogenated alkanes) is 1. The van der Waals surface area contributed by atoms with E-state index < -0.39 is 0 Å². The average molecular weight is 429 g/mol. The average Bonchev–Trinajstić information content (AvgIpc) is 3.30. The summed E-state index contributed by atoms with van der Waals surface area (Å²) in [5.41, 5.74) is 4.19. The lowest BCUT2D eigenvalue weighted by molar-refractivity contribution is 0.263. The van der Waals surface area contributed by atoms with E-state index in [9.17, 15) is 0 Å². The zero-order valence-corrected chi connectivity index (χ0v) is 19.2. The van der Waals surface area contributed by atoms with Crippen LogP contribution in [0.5, 0.6) is 0 Å². The molecule has 160 valence electrons. The molecule has 0 N–H and O–H groups in total. The summed E-state index contributed by atoms with van der Waals surface area (Å²) in [6, 6.07) is 32.6. The van der Waals surface area contributed by atoms with E-state index >= 15 is 0 Å². The molecule has 0 spiro atoms. The van der Waals surface area contributed by atoms with Crippen LogP contribution in [0.3, 0.4) is 0 Å². The molecule has 0 amide bonds. The van der Waals surface area contributed by atoms with E-state index in [1.807, 2.05) is 11.8 Å². The maximum atomic E-state index is 5.02. The fourth-order valence-electron chi connectivity index (χ4n) is 4.27. The van der Waals surface area contributed by atoms with Crippen LogP contribution in [0, 0.1) is 0 Å². The molecular formula is C28H32N2S. The highest BCUT2D eigenvalue weighted by atomic mass is 32.2. The van der Waals surface area contributed by atoms with Crippen LogP contribution in [0.25, 0.3) is 0 Å². The summed E-state index contributed by atoms with van der Waals surface area (Å²) in [7, 11) is 2.19. The molecule has 3 aromatic rings. The van der Waals surface area contributed by atoms with Gasteiger partial charge in [0.1, 0.15) is 6.17 Å². The van der Waals surface area contributed by atoms with Crippen LogP contribution in [-0.2, 0) is 6.54 Å². The normalized spacial score (nSPS) is 16.1. The third-order valence-electron chi connectivity index (χ3n) is 6.01. The number of aliphatic imine (C=N–C) groups is 1. The lowest BCUT2D eigenvalue weighted by Gasteiger charge is -2.21. The highest BCUT2D eigenvalue weighted by Gasteiger charge is 2.22. The summed E-state index contributed by atoms with van der Waals surface area (Å²) in [6.45, 7) is 0.957. The van der Waals surface area contributed by atoms with Crippen molar-refractivity contribution in [1.29, 1.82) is 0 Å². The molecule has 0 aliphatic carbocycles. The highest BCUT2D eigenvalue weighted by Crippen LogP contribution is 2.31. The minimum absolute atomic E-state index is 0.307. The zero-order chi connectivity index (χ0) is 21.3. The van der Waals surface area contributed by atoms with Gasteiger partial charge in [0, 0.05) is 18.2 Å². The van der Waals surface area contributed by atoms with Gasteiger partial charge in [-0.1, -0.05) is 97.4 Å². The van der Waals surface area contributed by atoms with Crippen LogP contribution in [0.15, 0.2) is 96.0 Å². The maximum absolute atomic E-state index is 5.02. The fourth-order valence-corrected chi connectivity index (χ4v) is 5.43. The Morgan fingerprint density at radius 1 is 0.839 bits per heavy atom. The first-order valence-corrected chi connectivity index (χ1v) is 12.3. The Morgan fingerprint density at radius 3 is 2.03 bits per heavy atom. The molecule has 1 atom stereocenters. The van der Waals surface area contributed by atoms with Crippen LogP contribution < -0.4 is 0 Å². The standard InChI is InChI=1S/C28H32N2S/c1-30(21-23-13-5-2-6-14-23)27-22-31-28(29-27)20-12-11-19-26(24-15-7-3-8-16-24)25-17-9-4-10-18-25/h2-10,13-18,26-27H,11-12,19-22H2,1H3. The molecule has 4 rings (SSSR count). The summed E-state index contributed by atoms with van der Waals surface area (Å²) < 4.78 is 0. The zero-order valence-electron chi connectivity index (χ0n) is 18.4. The number of hydrogen-bond acceptors (Lipinski definition) is 3. The molecule has 31 heavy (non-hydrogen) atoms. The van der Waals surface area contributed by atoms with E-state index in [1.165, 1.54) is 41.0 Å². The first-order chi connectivity index (χ1) is 15.3. The van der Waals surface area contributed by atoms with Gasteiger partial charge in [0.2, 0.25) is 0 Å². The summed E-state index contributed by atoms with van der Waals surface area (Å²) in [5.74, 6) is 1.56. The molecule has 0 saturated heterocycles. The quantitative estimate of drug-likeness (QED) is 0.324. The molecule has 0 saturated carbocycles. The minimum Gasteiger partial charge on any atom is -0.280 e. The minimum atomic E-state index is 0.307. The van der Waals surface area contributed by atoms with Gasteiger partial charge in [0.05, 0.1) is 5.04 Å². The second-order valence-corrected chi connectivity index (χ2v) is 9.43. The number of thioether (sulfide) groups is 1. The predicted octanol–water partition coefficient (Wildman–Crippen LogP) is 6.98. The van der Waals surface area contributed by atoms with Gasteiger partial charge in [-0.05, 0) is 43.0 Å². The van der Waals surface area contributed by atoms with Crippen molar-refractivity contribution in [3.05, 3.63) is 108 Å². The Kier molecular flexibility index (Phi) is 7.98. The van der Waals surface area contributed by atoms with E-state index in [0.717, 1.165) is 18.7 Å². The van der Waals surface area contributed by atoms with Gasteiger partial charge in [-0.2, -0.15) is 0 Å². The van der Waals surface area contributed by atoms with Crippen molar-refractivity contribution >= 4 is 16.8 Å². The van der Waals surface area contributed by atoms with Crippen molar-refractivity contribution in [2.75, 3.05) is 12.8 Å². The molecule has 3 aromatic carbocycles. The molecule has 2 nitrogen and oxygen atoms in total. The van der Waals surface area contributed by atoms with Gasteiger partial charge in [0.25, 0.3) is 0 Å². The van der Waals surface area contributed by atoms with Gasteiger partial charge in [-0.3, -0.25) is 9.89 Å². The number of nitrogens with zero attached hydrogens (tertiary/aromatic N) is 2. The van der Waals surface area contributed by atoms with E-state index in [2.05, 4.69) is 103 Å². The summed E-state index contributed by atoms with van der Waals surface area (Å²) in [6.07, 6.45) is 5.02. The Labute approximate surface area is 191 Å². The molecule has 1 aliphatic heterocycles. The van der Waals surface area contributed by atoms with Gasteiger partial charge >= 0.3 is 0 Å².